The molecule has 0 saturated carbocycles. The Labute approximate surface area is 87.6 Å². The maximum Gasteiger partial charge on any atom is 0.224 e. The number of carbonyl (C=O) groups is 1. The normalized spacial score (nSPS) is 12.6. The summed E-state index contributed by atoms with van der Waals surface area (Å²) in [5.41, 5.74) is 5.83. The van der Waals surface area contributed by atoms with E-state index in [1.165, 1.54) is 0 Å². The number of hydrogen-bond acceptors (Lipinski definition) is 2. The third kappa shape index (κ3) is 5.22. The average molecular weight is 200 g/mol. The molecular weight excluding hydrogens is 176 g/mol. The SMILES string of the molecule is CCCC(N)CC(=O)N(CC)CCC. The third-order valence-corrected chi connectivity index (χ3v) is 2.32. The fourth-order valence-corrected chi connectivity index (χ4v) is 1.56. The van der Waals surface area contributed by atoms with Crippen LogP contribution in [0.4, 0.5) is 0 Å². The van der Waals surface area contributed by atoms with E-state index in [9.17, 15) is 4.79 Å². The molecule has 0 spiro atoms. The zero-order valence-corrected chi connectivity index (χ0v) is 9.75. The summed E-state index contributed by atoms with van der Waals surface area (Å²) in [7, 11) is 0. The minimum atomic E-state index is 0.0402. The van der Waals surface area contributed by atoms with Gasteiger partial charge in [-0.25, -0.2) is 0 Å². The monoisotopic (exact) mass is 200 g/mol. The van der Waals surface area contributed by atoms with Crippen LogP contribution in [0.15, 0.2) is 0 Å². The Morgan fingerprint density at radius 1 is 1.29 bits per heavy atom. The molecule has 1 amide bonds. The number of nitrogens with zero attached hydrogens (tertiary/aromatic N) is 1. The molecule has 0 aromatic carbocycles. The van der Waals surface area contributed by atoms with Gasteiger partial charge in [0.25, 0.3) is 0 Å². The van der Waals surface area contributed by atoms with Gasteiger partial charge >= 0.3 is 0 Å². The molecule has 3 heteroatoms. The number of amides is 1. The van der Waals surface area contributed by atoms with Gasteiger partial charge in [0.2, 0.25) is 5.91 Å². The molecule has 0 radical (unpaired) electrons. The highest BCUT2D eigenvalue weighted by Gasteiger charge is 2.13. The van der Waals surface area contributed by atoms with Crippen LogP contribution in [0, 0.1) is 0 Å². The van der Waals surface area contributed by atoms with Crippen molar-refractivity contribution in [1.82, 2.24) is 4.90 Å². The van der Waals surface area contributed by atoms with Crippen LogP contribution in [0.1, 0.15) is 46.5 Å². The van der Waals surface area contributed by atoms with Crippen molar-refractivity contribution in [3.05, 3.63) is 0 Å². The van der Waals surface area contributed by atoms with E-state index < -0.39 is 0 Å². The Kier molecular flexibility index (Phi) is 7.48. The second-order valence-corrected chi connectivity index (χ2v) is 3.73. The van der Waals surface area contributed by atoms with Gasteiger partial charge in [0.05, 0.1) is 0 Å². The van der Waals surface area contributed by atoms with Crippen molar-refractivity contribution in [2.45, 2.75) is 52.5 Å². The van der Waals surface area contributed by atoms with Gasteiger partial charge in [-0.15, -0.1) is 0 Å². The molecule has 0 fully saturated rings. The predicted octanol–water partition coefficient (Wildman–Crippen LogP) is 1.76. The van der Waals surface area contributed by atoms with Crippen molar-refractivity contribution < 1.29 is 4.79 Å². The minimum Gasteiger partial charge on any atom is -0.343 e. The van der Waals surface area contributed by atoms with Crippen molar-refractivity contribution in [3.63, 3.8) is 0 Å². The Balaban J connectivity index is 3.90. The Hall–Kier alpha value is -0.570. The Morgan fingerprint density at radius 3 is 2.36 bits per heavy atom. The molecule has 0 saturated heterocycles. The second-order valence-electron chi connectivity index (χ2n) is 3.73. The van der Waals surface area contributed by atoms with Crippen molar-refractivity contribution in [1.29, 1.82) is 0 Å². The van der Waals surface area contributed by atoms with E-state index in [-0.39, 0.29) is 11.9 Å². The predicted molar refractivity (Wildman–Crippen MR) is 60.0 cm³/mol. The highest BCUT2D eigenvalue weighted by molar-refractivity contribution is 5.76. The van der Waals surface area contributed by atoms with Gasteiger partial charge in [0.1, 0.15) is 0 Å². The molecule has 1 unspecified atom stereocenters. The molecule has 1 atom stereocenters. The first kappa shape index (κ1) is 13.4. The van der Waals surface area contributed by atoms with Gasteiger partial charge in [0, 0.05) is 25.6 Å². The molecule has 3 nitrogen and oxygen atoms in total. The summed E-state index contributed by atoms with van der Waals surface area (Å²) in [4.78, 5) is 13.6. The minimum absolute atomic E-state index is 0.0402. The quantitative estimate of drug-likeness (QED) is 0.680. The molecule has 0 aliphatic rings. The van der Waals surface area contributed by atoms with Gasteiger partial charge in [-0.2, -0.15) is 0 Å². The smallest absolute Gasteiger partial charge is 0.224 e. The van der Waals surface area contributed by atoms with Crippen LogP contribution in [0.5, 0.6) is 0 Å². The van der Waals surface area contributed by atoms with Crippen LogP contribution in [0.3, 0.4) is 0 Å². The largest absolute Gasteiger partial charge is 0.343 e. The van der Waals surface area contributed by atoms with E-state index in [1.54, 1.807) is 0 Å². The summed E-state index contributed by atoms with van der Waals surface area (Å²) >= 11 is 0. The Morgan fingerprint density at radius 2 is 1.93 bits per heavy atom. The summed E-state index contributed by atoms with van der Waals surface area (Å²) in [5.74, 6) is 0.204. The average Bonchev–Trinajstić information content (AvgIpc) is 2.14. The van der Waals surface area contributed by atoms with E-state index in [0.717, 1.165) is 32.4 Å². The highest BCUT2D eigenvalue weighted by atomic mass is 16.2. The highest BCUT2D eigenvalue weighted by Crippen LogP contribution is 2.03. The van der Waals surface area contributed by atoms with Crippen molar-refractivity contribution >= 4 is 5.91 Å². The van der Waals surface area contributed by atoms with Gasteiger partial charge in [-0.05, 0) is 19.8 Å². The summed E-state index contributed by atoms with van der Waals surface area (Å²) in [6.45, 7) is 7.84. The van der Waals surface area contributed by atoms with E-state index in [0.29, 0.717) is 6.42 Å². The summed E-state index contributed by atoms with van der Waals surface area (Å²) in [6, 6.07) is 0.0402. The van der Waals surface area contributed by atoms with Gasteiger partial charge in [-0.3, -0.25) is 4.79 Å². The van der Waals surface area contributed by atoms with Crippen LogP contribution in [-0.4, -0.2) is 29.9 Å². The second kappa shape index (κ2) is 7.80. The number of rotatable bonds is 7. The van der Waals surface area contributed by atoms with E-state index in [4.69, 9.17) is 5.73 Å². The number of hydrogen-bond donors (Lipinski definition) is 1. The lowest BCUT2D eigenvalue weighted by molar-refractivity contribution is -0.131. The maximum absolute atomic E-state index is 11.7. The summed E-state index contributed by atoms with van der Waals surface area (Å²) in [5, 5.41) is 0. The lowest BCUT2D eigenvalue weighted by Crippen LogP contribution is -2.36. The first-order chi connectivity index (χ1) is 6.65. The van der Waals surface area contributed by atoms with E-state index in [2.05, 4.69) is 13.8 Å². The molecule has 2 N–H and O–H groups in total. The third-order valence-electron chi connectivity index (χ3n) is 2.32. The molecular formula is C11H24N2O. The topological polar surface area (TPSA) is 46.3 Å². The molecule has 0 aliphatic heterocycles. The van der Waals surface area contributed by atoms with Crippen molar-refractivity contribution in [2.75, 3.05) is 13.1 Å². The van der Waals surface area contributed by atoms with Crippen LogP contribution in [-0.2, 0) is 4.79 Å². The summed E-state index contributed by atoms with van der Waals surface area (Å²) in [6.07, 6.45) is 3.51. The zero-order chi connectivity index (χ0) is 11.0. The summed E-state index contributed by atoms with van der Waals surface area (Å²) < 4.78 is 0. The zero-order valence-electron chi connectivity index (χ0n) is 9.75. The molecule has 14 heavy (non-hydrogen) atoms. The van der Waals surface area contributed by atoms with Crippen LogP contribution >= 0.6 is 0 Å². The van der Waals surface area contributed by atoms with Crippen LogP contribution < -0.4 is 5.73 Å². The van der Waals surface area contributed by atoms with Crippen LogP contribution in [0.25, 0.3) is 0 Å². The van der Waals surface area contributed by atoms with Crippen molar-refractivity contribution in [2.24, 2.45) is 5.73 Å². The lowest BCUT2D eigenvalue weighted by Gasteiger charge is -2.21. The molecule has 84 valence electrons. The molecule has 0 aliphatic carbocycles. The van der Waals surface area contributed by atoms with Gasteiger partial charge < -0.3 is 10.6 Å². The molecule has 0 rings (SSSR count). The van der Waals surface area contributed by atoms with Crippen molar-refractivity contribution in [3.8, 4) is 0 Å². The van der Waals surface area contributed by atoms with Gasteiger partial charge in [0.15, 0.2) is 0 Å². The lowest BCUT2D eigenvalue weighted by atomic mass is 10.1. The maximum atomic E-state index is 11.7. The Bertz CT molecular complexity index is 159. The molecule has 0 heterocycles. The van der Waals surface area contributed by atoms with E-state index in [1.807, 2.05) is 11.8 Å². The van der Waals surface area contributed by atoms with Gasteiger partial charge in [-0.1, -0.05) is 20.3 Å². The first-order valence-electron chi connectivity index (χ1n) is 5.68. The molecule has 0 aromatic heterocycles. The van der Waals surface area contributed by atoms with E-state index >= 15 is 0 Å². The molecule has 0 aromatic rings. The number of carbonyl (C=O) groups excluding carboxylic acids is 1. The number of nitrogens with two attached hydrogens (primary N) is 1. The molecule has 0 bridgehead atoms. The fraction of sp³-hybridized carbons (Fsp3) is 0.909. The first-order valence-corrected chi connectivity index (χ1v) is 5.68. The standard InChI is InChI=1S/C11H24N2O/c1-4-7-10(12)9-11(14)13(6-3)8-5-2/h10H,4-9,12H2,1-3H3. The fourth-order valence-electron chi connectivity index (χ4n) is 1.56. The van der Waals surface area contributed by atoms with Crippen LogP contribution in [0.2, 0.25) is 0 Å².